The Morgan fingerprint density at radius 2 is 2.19 bits per heavy atom. The molecular formula is C12H12N2O2. The second kappa shape index (κ2) is 4.53. The Morgan fingerprint density at radius 1 is 1.31 bits per heavy atom. The largest absolute Gasteiger partial charge is 0.478 e. The highest BCUT2D eigenvalue weighted by molar-refractivity contribution is 5.88. The van der Waals surface area contributed by atoms with Gasteiger partial charge in [0.05, 0.1) is 12.1 Å². The van der Waals surface area contributed by atoms with Crippen LogP contribution < -0.4 is 5.32 Å². The molecule has 4 nitrogen and oxygen atoms in total. The summed E-state index contributed by atoms with van der Waals surface area (Å²) in [5.41, 5.74) is 2.15. The van der Waals surface area contributed by atoms with Crippen molar-refractivity contribution in [2.45, 2.75) is 6.54 Å². The molecule has 0 atom stereocenters. The molecule has 0 radical (unpaired) electrons. The first kappa shape index (κ1) is 10.3. The molecule has 1 aromatic heterocycles. The van der Waals surface area contributed by atoms with Gasteiger partial charge in [0.15, 0.2) is 0 Å². The highest BCUT2D eigenvalue weighted by atomic mass is 16.4. The number of anilines is 1. The summed E-state index contributed by atoms with van der Waals surface area (Å²) in [6.07, 6.45) is 1.85. The molecule has 16 heavy (non-hydrogen) atoms. The monoisotopic (exact) mass is 216 g/mol. The van der Waals surface area contributed by atoms with Gasteiger partial charge in [0.1, 0.15) is 0 Å². The molecular weight excluding hydrogens is 204 g/mol. The summed E-state index contributed by atoms with van der Waals surface area (Å²) < 4.78 is 0. The van der Waals surface area contributed by atoms with Crippen molar-refractivity contribution in [3.63, 3.8) is 0 Å². The first-order chi connectivity index (χ1) is 7.75. The van der Waals surface area contributed by atoms with Crippen LogP contribution in [0.1, 0.15) is 16.1 Å². The Balaban J connectivity index is 2.04. The molecule has 0 fully saturated rings. The van der Waals surface area contributed by atoms with E-state index in [4.69, 9.17) is 5.11 Å². The van der Waals surface area contributed by atoms with E-state index in [2.05, 4.69) is 10.3 Å². The van der Waals surface area contributed by atoms with Crippen molar-refractivity contribution in [2.24, 2.45) is 0 Å². The lowest BCUT2D eigenvalue weighted by Crippen LogP contribution is -2.02. The van der Waals surface area contributed by atoms with Gasteiger partial charge in [-0.15, -0.1) is 0 Å². The van der Waals surface area contributed by atoms with E-state index in [-0.39, 0.29) is 5.56 Å². The number of aromatic carboxylic acids is 1. The minimum atomic E-state index is -0.913. The molecule has 0 aliphatic rings. The summed E-state index contributed by atoms with van der Waals surface area (Å²) in [5.74, 6) is -0.913. The number of carboxylic acids is 1. The number of benzene rings is 1. The summed E-state index contributed by atoms with van der Waals surface area (Å²) in [5, 5.41) is 12.0. The van der Waals surface area contributed by atoms with Crippen LogP contribution >= 0.6 is 0 Å². The quantitative estimate of drug-likeness (QED) is 0.734. The van der Waals surface area contributed by atoms with Crippen LogP contribution in [0.5, 0.6) is 0 Å². The second-order valence-electron chi connectivity index (χ2n) is 3.43. The molecule has 3 N–H and O–H groups in total. The van der Waals surface area contributed by atoms with Gasteiger partial charge in [-0.05, 0) is 30.3 Å². The van der Waals surface area contributed by atoms with Gasteiger partial charge < -0.3 is 15.4 Å². The van der Waals surface area contributed by atoms with Gasteiger partial charge in [-0.2, -0.15) is 0 Å². The standard InChI is InChI=1S/C12H12N2O2/c15-12(16)9-3-1-4-10(7-9)14-8-11-5-2-6-13-11/h1-7,13-14H,8H2,(H,15,16). The lowest BCUT2D eigenvalue weighted by atomic mass is 10.2. The Hall–Kier alpha value is -2.23. The van der Waals surface area contributed by atoms with Crippen molar-refractivity contribution in [1.29, 1.82) is 0 Å². The number of hydrogen-bond acceptors (Lipinski definition) is 2. The van der Waals surface area contributed by atoms with E-state index < -0.39 is 5.97 Å². The average molecular weight is 216 g/mol. The molecule has 82 valence electrons. The first-order valence-electron chi connectivity index (χ1n) is 4.95. The van der Waals surface area contributed by atoms with Crippen LogP contribution in [-0.2, 0) is 6.54 Å². The molecule has 4 heteroatoms. The molecule has 1 heterocycles. The molecule has 2 rings (SSSR count). The van der Waals surface area contributed by atoms with Crippen molar-refractivity contribution in [3.05, 3.63) is 53.9 Å². The molecule has 0 amide bonds. The van der Waals surface area contributed by atoms with Crippen LogP contribution in [0, 0.1) is 0 Å². The fourth-order valence-electron chi connectivity index (χ4n) is 1.44. The molecule has 0 saturated carbocycles. The molecule has 1 aromatic carbocycles. The molecule has 0 bridgehead atoms. The van der Waals surface area contributed by atoms with Crippen molar-refractivity contribution in [3.8, 4) is 0 Å². The van der Waals surface area contributed by atoms with Gasteiger partial charge >= 0.3 is 5.97 Å². The fraction of sp³-hybridized carbons (Fsp3) is 0.0833. The molecule has 0 spiro atoms. The Labute approximate surface area is 92.9 Å². The third-order valence-corrected chi connectivity index (χ3v) is 2.25. The average Bonchev–Trinajstić information content (AvgIpc) is 2.79. The molecule has 0 aliphatic carbocycles. The Bertz CT molecular complexity index is 478. The third-order valence-electron chi connectivity index (χ3n) is 2.25. The lowest BCUT2D eigenvalue weighted by molar-refractivity contribution is 0.0697. The van der Waals surface area contributed by atoms with Crippen molar-refractivity contribution in [1.82, 2.24) is 4.98 Å². The van der Waals surface area contributed by atoms with Gasteiger partial charge in [-0.25, -0.2) is 4.79 Å². The smallest absolute Gasteiger partial charge is 0.335 e. The zero-order chi connectivity index (χ0) is 11.4. The SMILES string of the molecule is O=C(O)c1cccc(NCc2ccc[nH]2)c1. The lowest BCUT2D eigenvalue weighted by Gasteiger charge is -2.05. The van der Waals surface area contributed by atoms with Crippen molar-refractivity contribution >= 4 is 11.7 Å². The number of aromatic amines is 1. The summed E-state index contributed by atoms with van der Waals surface area (Å²) in [6.45, 7) is 0.649. The molecule has 0 unspecified atom stereocenters. The fourth-order valence-corrected chi connectivity index (χ4v) is 1.44. The van der Waals surface area contributed by atoms with E-state index in [9.17, 15) is 4.79 Å². The zero-order valence-electron chi connectivity index (χ0n) is 8.60. The molecule has 0 aliphatic heterocycles. The van der Waals surface area contributed by atoms with Crippen LogP contribution in [0.15, 0.2) is 42.6 Å². The predicted molar refractivity (Wildman–Crippen MR) is 61.5 cm³/mol. The third kappa shape index (κ3) is 2.42. The topological polar surface area (TPSA) is 65.1 Å². The summed E-state index contributed by atoms with van der Waals surface area (Å²) in [4.78, 5) is 13.8. The highest BCUT2D eigenvalue weighted by Gasteiger charge is 2.02. The predicted octanol–water partition coefficient (Wildman–Crippen LogP) is 2.33. The van der Waals surface area contributed by atoms with Gasteiger partial charge in [0.2, 0.25) is 0 Å². The number of nitrogens with one attached hydrogen (secondary N) is 2. The van der Waals surface area contributed by atoms with Crippen LogP contribution in [0.25, 0.3) is 0 Å². The number of carboxylic acid groups (broad SMARTS) is 1. The Morgan fingerprint density at radius 3 is 2.88 bits per heavy atom. The summed E-state index contributed by atoms with van der Waals surface area (Å²) in [6, 6.07) is 10.6. The summed E-state index contributed by atoms with van der Waals surface area (Å²) in [7, 11) is 0. The first-order valence-corrected chi connectivity index (χ1v) is 4.95. The van der Waals surface area contributed by atoms with Crippen LogP contribution in [0.2, 0.25) is 0 Å². The Kier molecular flexibility index (Phi) is 2.91. The highest BCUT2D eigenvalue weighted by Crippen LogP contribution is 2.11. The number of carbonyl (C=O) groups is 1. The van der Waals surface area contributed by atoms with Crippen LogP contribution in [-0.4, -0.2) is 16.1 Å². The van der Waals surface area contributed by atoms with E-state index in [1.54, 1.807) is 18.2 Å². The summed E-state index contributed by atoms with van der Waals surface area (Å²) >= 11 is 0. The van der Waals surface area contributed by atoms with E-state index in [0.29, 0.717) is 6.54 Å². The van der Waals surface area contributed by atoms with Gasteiger partial charge in [0, 0.05) is 17.6 Å². The minimum absolute atomic E-state index is 0.288. The van der Waals surface area contributed by atoms with E-state index in [0.717, 1.165) is 11.4 Å². The van der Waals surface area contributed by atoms with E-state index in [1.165, 1.54) is 0 Å². The van der Waals surface area contributed by atoms with Gasteiger partial charge in [0.25, 0.3) is 0 Å². The normalized spacial score (nSPS) is 10.0. The van der Waals surface area contributed by atoms with Crippen molar-refractivity contribution in [2.75, 3.05) is 5.32 Å². The maximum atomic E-state index is 10.8. The number of rotatable bonds is 4. The van der Waals surface area contributed by atoms with Crippen LogP contribution in [0.4, 0.5) is 5.69 Å². The van der Waals surface area contributed by atoms with Gasteiger partial charge in [-0.3, -0.25) is 0 Å². The number of aromatic nitrogens is 1. The molecule has 2 aromatic rings. The van der Waals surface area contributed by atoms with Crippen molar-refractivity contribution < 1.29 is 9.90 Å². The number of hydrogen-bond donors (Lipinski definition) is 3. The zero-order valence-corrected chi connectivity index (χ0v) is 8.60. The second-order valence-corrected chi connectivity index (χ2v) is 3.43. The maximum Gasteiger partial charge on any atom is 0.335 e. The van der Waals surface area contributed by atoms with Gasteiger partial charge in [-0.1, -0.05) is 6.07 Å². The maximum absolute atomic E-state index is 10.8. The molecule has 0 saturated heterocycles. The number of H-pyrrole nitrogens is 1. The van der Waals surface area contributed by atoms with Crippen LogP contribution in [0.3, 0.4) is 0 Å². The van der Waals surface area contributed by atoms with E-state index >= 15 is 0 Å². The van der Waals surface area contributed by atoms with E-state index in [1.807, 2.05) is 24.4 Å². The minimum Gasteiger partial charge on any atom is -0.478 e.